The Morgan fingerprint density at radius 1 is 0.714 bits per heavy atom. The minimum atomic E-state index is -0.996. The highest BCUT2D eigenvalue weighted by atomic mass is 16.4. The van der Waals surface area contributed by atoms with Gasteiger partial charge in [0.15, 0.2) is 0 Å². The lowest BCUT2D eigenvalue weighted by molar-refractivity contribution is -0.118. The molecule has 2 aromatic carbocycles. The number of benzene rings is 2. The van der Waals surface area contributed by atoms with Gasteiger partial charge in [0.1, 0.15) is 0 Å². The molecule has 2 amide bonds. The number of fused-ring (bicyclic) bond motifs is 1. The molecule has 0 aliphatic heterocycles. The molecule has 0 spiro atoms. The molecule has 0 bridgehead atoms. The van der Waals surface area contributed by atoms with E-state index in [1.54, 1.807) is 12.1 Å². The van der Waals surface area contributed by atoms with Gasteiger partial charge in [-0.05, 0) is 47.9 Å². The number of aromatic carboxylic acids is 2. The number of primary amides is 2. The Labute approximate surface area is 163 Å². The summed E-state index contributed by atoms with van der Waals surface area (Å²) in [4.78, 5) is 41.1. The van der Waals surface area contributed by atoms with Crippen LogP contribution in [0.5, 0.6) is 0 Å². The van der Waals surface area contributed by atoms with E-state index in [2.05, 4.69) is 0 Å². The van der Waals surface area contributed by atoms with Crippen molar-refractivity contribution in [2.45, 2.75) is 39.5 Å². The van der Waals surface area contributed by atoms with E-state index >= 15 is 0 Å². The number of hydrogen-bond donors (Lipinski definition) is 4. The van der Waals surface area contributed by atoms with Gasteiger partial charge in [-0.15, -0.1) is 0 Å². The van der Waals surface area contributed by atoms with Crippen molar-refractivity contribution in [3.8, 4) is 0 Å². The molecule has 2 rings (SSSR count). The highest BCUT2D eigenvalue weighted by Crippen LogP contribution is 2.18. The van der Waals surface area contributed by atoms with Gasteiger partial charge in [0, 0.05) is 12.8 Å². The van der Waals surface area contributed by atoms with E-state index in [1.807, 2.05) is 13.8 Å². The quantitative estimate of drug-likeness (QED) is 0.593. The number of carbonyl (C=O) groups is 4. The van der Waals surface area contributed by atoms with Crippen LogP contribution in [-0.4, -0.2) is 34.0 Å². The summed E-state index contributed by atoms with van der Waals surface area (Å²) in [7, 11) is 0. The van der Waals surface area contributed by atoms with Gasteiger partial charge in [-0.3, -0.25) is 9.59 Å². The summed E-state index contributed by atoms with van der Waals surface area (Å²) >= 11 is 0. The summed E-state index contributed by atoms with van der Waals surface area (Å²) in [6.45, 7) is 3.84. The largest absolute Gasteiger partial charge is 0.478 e. The summed E-state index contributed by atoms with van der Waals surface area (Å²) in [5.74, 6) is -2.41. The number of nitrogens with two attached hydrogens (primary N) is 2. The van der Waals surface area contributed by atoms with Crippen molar-refractivity contribution in [3.05, 3.63) is 47.5 Å². The first-order valence-corrected chi connectivity index (χ1v) is 8.69. The van der Waals surface area contributed by atoms with Crippen LogP contribution in [0.4, 0.5) is 0 Å². The standard InChI is InChI=1S/C12H8O4.2C4H9NO/c13-11(14)9-3-1-7-5-10(12(15)16)4-2-8(7)6-9;2*1-2-3-4(5)6/h1-6H,(H,13,14)(H,15,16);2*2-3H2,1H3,(H2,5,6). The first-order valence-electron chi connectivity index (χ1n) is 8.69. The molecule has 0 aromatic heterocycles. The highest BCUT2D eigenvalue weighted by molar-refractivity contribution is 5.97. The third-order valence-corrected chi connectivity index (χ3v) is 3.33. The van der Waals surface area contributed by atoms with Crippen LogP contribution in [0, 0.1) is 0 Å². The van der Waals surface area contributed by atoms with Crippen LogP contribution in [0.1, 0.15) is 60.2 Å². The fraction of sp³-hybridized carbons (Fsp3) is 0.300. The normalized spacial score (nSPS) is 9.36. The van der Waals surface area contributed by atoms with Crippen LogP contribution in [-0.2, 0) is 9.59 Å². The maximum Gasteiger partial charge on any atom is 0.335 e. The third kappa shape index (κ3) is 9.91. The fourth-order valence-electron chi connectivity index (χ4n) is 2.00. The molecule has 0 unspecified atom stereocenters. The first kappa shape index (κ1) is 24.6. The number of amides is 2. The van der Waals surface area contributed by atoms with Gasteiger partial charge in [-0.2, -0.15) is 0 Å². The van der Waals surface area contributed by atoms with Crippen molar-refractivity contribution in [2.24, 2.45) is 11.5 Å². The number of carboxylic acids is 2. The Kier molecular flexibility index (Phi) is 11.3. The lowest BCUT2D eigenvalue weighted by Gasteiger charge is -2.01. The van der Waals surface area contributed by atoms with Crippen molar-refractivity contribution >= 4 is 34.5 Å². The van der Waals surface area contributed by atoms with Crippen molar-refractivity contribution in [3.63, 3.8) is 0 Å². The number of carbonyl (C=O) groups excluding carboxylic acids is 2. The summed E-state index contributed by atoms with van der Waals surface area (Å²) < 4.78 is 0. The smallest absolute Gasteiger partial charge is 0.335 e. The zero-order valence-corrected chi connectivity index (χ0v) is 16.0. The van der Waals surface area contributed by atoms with Gasteiger partial charge in [0.05, 0.1) is 11.1 Å². The van der Waals surface area contributed by atoms with E-state index in [9.17, 15) is 19.2 Å². The van der Waals surface area contributed by atoms with Crippen molar-refractivity contribution in [1.29, 1.82) is 0 Å². The Balaban J connectivity index is 0.000000505. The summed E-state index contributed by atoms with van der Waals surface area (Å²) in [5, 5.41) is 19.0. The molecule has 0 aliphatic rings. The molecule has 8 nitrogen and oxygen atoms in total. The average molecular weight is 390 g/mol. The maximum absolute atomic E-state index is 10.7. The molecule has 0 fully saturated rings. The molecule has 0 saturated carbocycles. The van der Waals surface area contributed by atoms with Crippen molar-refractivity contribution < 1.29 is 29.4 Å². The van der Waals surface area contributed by atoms with Crippen LogP contribution < -0.4 is 11.5 Å². The summed E-state index contributed by atoms with van der Waals surface area (Å²) in [6.07, 6.45) is 2.74. The van der Waals surface area contributed by atoms with Gasteiger partial charge < -0.3 is 21.7 Å². The van der Waals surface area contributed by atoms with Crippen LogP contribution in [0.3, 0.4) is 0 Å². The SMILES string of the molecule is CCCC(N)=O.CCCC(N)=O.O=C(O)c1ccc2cc(C(=O)O)ccc2c1. The van der Waals surface area contributed by atoms with E-state index in [0.29, 0.717) is 23.6 Å². The Bertz CT molecular complexity index is 763. The highest BCUT2D eigenvalue weighted by Gasteiger charge is 2.06. The van der Waals surface area contributed by atoms with Crippen LogP contribution >= 0.6 is 0 Å². The molecule has 0 radical (unpaired) electrons. The molecule has 28 heavy (non-hydrogen) atoms. The van der Waals surface area contributed by atoms with E-state index in [0.717, 1.165) is 12.8 Å². The van der Waals surface area contributed by atoms with Gasteiger partial charge in [-0.1, -0.05) is 26.0 Å². The molecule has 0 aliphatic carbocycles. The molecular formula is C20H26N2O6. The van der Waals surface area contributed by atoms with Gasteiger partial charge in [0.2, 0.25) is 11.8 Å². The average Bonchev–Trinajstić information content (AvgIpc) is 2.61. The molecule has 152 valence electrons. The van der Waals surface area contributed by atoms with E-state index in [4.69, 9.17) is 21.7 Å². The van der Waals surface area contributed by atoms with Gasteiger partial charge >= 0.3 is 11.9 Å². The molecule has 0 atom stereocenters. The molecular weight excluding hydrogens is 364 g/mol. The van der Waals surface area contributed by atoms with Crippen LogP contribution in [0.15, 0.2) is 36.4 Å². The maximum atomic E-state index is 10.7. The molecule has 2 aromatic rings. The predicted octanol–water partition coefficient (Wildman–Crippen LogP) is 2.78. The predicted molar refractivity (Wildman–Crippen MR) is 106 cm³/mol. The monoisotopic (exact) mass is 390 g/mol. The van der Waals surface area contributed by atoms with Crippen molar-refractivity contribution in [1.82, 2.24) is 0 Å². The Morgan fingerprint density at radius 3 is 1.21 bits per heavy atom. The lowest BCUT2D eigenvalue weighted by Crippen LogP contribution is -2.08. The summed E-state index contributed by atoms with van der Waals surface area (Å²) in [5.41, 5.74) is 9.91. The topological polar surface area (TPSA) is 161 Å². The minimum Gasteiger partial charge on any atom is -0.478 e. The second-order valence-corrected chi connectivity index (χ2v) is 5.82. The van der Waals surface area contributed by atoms with Crippen LogP contribution in [0.2, 0.25) is 0 Å². The fourth-order valence-corrected chi connectivity index (χ4v) is 2.00. The van der Waals surface area contributed by atoms with Gasteiger partial charge in [0.25, 0.3) is 0 Å². The van der Waals surface area contributed by atoms with E-state index in [-0.39, 0.29) is 22.9 Å². The van der Waals surface area contributed by atoms with E-state index in [1.165, 1.54) is 24.3 Å². The first-order chi connectivity index (χ1) is 13.1. The third-order valence-electron chi connectivity index (χ3n) is 3.33. The Morgan fingerprint density at radius 2 is 1.04 bits per heavy atom. The summed E-state index contributed by atoms with van der Waals surface area (Å²) in [6, 6.07) is 9.15. The zero-order valence-electron chi connectivity index (χ0n) is 16.0. The second kappa shape index (κ2) is 12.9. The zero-order chi connectivity index (χ0) is 21.7. The molecule has 0 saturated heterocycles. The van der Waals surface area contributed by atoms with E-state index < -0.39 is 11.9 Å². The number of hydrogen-bond acceptors (Lipinski definition) is 4. The number of rotatable bonds is 6. The molecule has 0 heterocycles. The lowest BCUT2D eigenvalue weighted by atomic mass is 10.0. The molecule has 8 heteroatoms. The Hall–Kier alpha value is -3.42. The van der Waals surface area contributed by atoms with Gasteiger partial charge in [-0.25, -0.2) is 9.59 Å². The molecule has 6 N–H and O–H groups in total. The number of carboxylic acid groups (broad SMARTS) is 2. The van der Waals surface area contributed by atoms with Crippen LogP contribution in [0.25, 0.3) is 10.8 Å². The minimum absolute atomic E-state index is 0.190. The van der Waals surface area contributed by atoms with Crippen molar-refractivity contribution in [2.75, 3.05) is 0 Å². The second-order valence-electron chi connectivity index (χ2n) is 5.82.